The SMILES string of the molecule is CC(C)[C@H](C(=O)Nc1ccc(F)c([N+](=O)[O-])c1)c1ccc(Cl)cc1. The van der Waals surface area contributed by atoms with Crippen LogP contribution in [0.3, 0.4) is 0 Å². The van der Waals surface area contributed by atoms with E-state index in [1.165, 1.54) is 6.07 Å². The zero-order valence-corrected chi connectivity index (χ0v) is 13.9. The van der Waals surface area contributed by atoms with Crippen molar-refractivity contribution < 1.29 is 14.1 Å². The number of hydrogen-bond acceptors (Lipinski definition) is 3. The first-order valence-corrected chi connectivity index (χ1v) is 7.67. The number of benzene rings is 2. The number of amides is 1. The Morgan fingerprint density at radius 2 is 1.83 bits per heavy atom. The Kier molecular flexibility index (Phi) is 5.51. The number of carbonyl (C=O) groups excluding carboxylic acids is 1. The summed E-state index contributed by atoms with van der Waals surface area (Å²) in [4.78, 5) is 22.6. The van der Waals surface area contributed by atoms with Gasteiger partial charge in [-0.3, -0.25) is 14.9 Å². The van der Waals surface area contributed by atoms with Crippen molar-refractivity contribution >= 4 is 28.9 Å². The third kappa shape index (κ3) is 4.08. The van der Waals surface area contributed by atoms with Crippen LogP contribution in [-0.4, -0.2) is 10.8 Å². The molecule has 0 aliphatic heterocycles. The van der Waals surface area contributed by atoms with E-state index in [9.17, 15) is 19.3 Å². The van der Waals surface area contributed by atoms with Gasteiger partial charge in [0.25, 0.3) is 0 Å². The van der Waals surface area contributed by atoms with E-state index in [4.69, 9.17) is 11.6 Å². The van der Waals surface area contributed by atoms with Crippen molar-refractivity contribution in [2.45, 2.75) is 19.8 Å². The summed E-state index contributed by atoms with van der Waals surface area (Å²) in [6, 6.07) is 10.2. The Hall–Kier alpha value is -2.47. The number of nitro benzene ring substituents is 1. The quantitative estimate of drug-likeness (QED) is 0.623. The Balaban J connectivity index is 2.27. The van der Waals surface area contributed by atoms with E-state index in [1.807, 2.05) is 13.8 Å². The molecule has 0 bridgehead atoms. The van der Waals surface area contributed by atoms with Crippen LogP contribution in [0.1, 0.15) is 25.3 Å². The van der Waals surface area contributed by atoms with Crippen LogP contribution in [-0.2, 0) is 4.79 Å². The van der Waals surface area contributed by atoms with Gasteiger partial charge in [0, 0.05) is 16.8 Å². The first-order valence-electron chi connectivity index (χ1n) is 7.30. The molecule has 0 saturated carbocycles. The van der Waals surface area contributed by atoms with Crippen LogP contribution in [0.25, 0.3) is 0 Å². The topological polar surface area (TPSA) is 72.2 Å². The van der Waals surface area contributed by atoms with Crippen LogP contribution in [0.5, 0.6) is 0 Å². The van der Waals surface area contributed by atoms with Gasteiger partial charge in [-0.1, -0.05) is 37.6 Å². The van der Waals surface area contributed by atoms with Crippen molar-refractivity contribution in [3.8, 4) is 0 Å². The molecule has 2 aromatic rings. The lowest BCUT2D eigenvalue weighted by Crippen LogP contribution is -2.25. The van der Waals surface area contributed by atoms with Crippen molar-refractivity contribution in [3.63, 3.8) is 0 Å². The Morgan fingerprint density at radius 1 is 1.21 bits per heavy atom. The Labute approximate surface area is 143 Å². The molecule has 0 heterocycles. The fraction of sp³-hybridized carbons (Fsp3) is 0.235. The summed E-state index contributed by atoms with van der Waals surface area (Å²) < 4.78 is 13.4. The van der Waals surface area contributed by atoms with E-state index in [2.05, 4.69) is 5.32 Å². The molecule has 0 unspecified atom stereocenters. The average Bonchev–Trinajstić information content (AvgIpc) is 2.50. The highest BCUT2D eigenvalue weighted by Gasteiger charge is 2.25. The Bertz CT molecular complexity index is 763. The maximum absolute atomic E-state index is 13.4. The summed E-state index contributed by atoms with van der Waals surface area (Å²) in [6.45, 7) is 3.79. The van der Waals surface area contributed by atoms with Crippen molar-refractivity contribution in [1.82, 2.24) is 0 Å². The van der Waals surface area contributed by atoms with Crippen molar-refractivity contribution in [2.75, 3.05) is 5.32 Å². The number of nitrogens with one attached hydrogen (secondary N) is 1. The van der Waals surface area contributed by atoms with Crippen LogP contribution >= 0.6 is 11.6 Å². The molecule has 24 heavy (non-hydrogen) atoms. The second-order valence-corrected chi connectivity index (χ2v) is 6.12. The number of nitrogens with zero attached hydrogens (tertiary/aromatic N) is 1. The standard InChI is InChI=1S/C17H16ClFN2O3/c1-10(2)16(11-3-5-12(18)6-4-11)17(22)20-13-7-8-14(19)15(9-13)21(23)24/h3-10,16H,1-2H3,(H,20,22)/t16-/m0/s1. The summed E-state index contributed by atoms with van der Waals surface area (Å²) in [6.07, 6.45) is 0. The molecule has 1 N–H and O–H groups in total. The van der Waals surface area contributed by atoms with Crippen molar-refractivity contribution in [1.29, 1.82) is 0 Å². The molecule has 1 atom stereocenters. The second kappa shape index (κ2) is 7.40. The van der Waals surface area contributed by atoms with E-state index in [-0.39, 0.29) is 17.5 Å². The normalized spacial score (nSPS) is 12.0. The number of rotatable bonds is 5. The minimum Gasteiger partial charge on any atom is -0.325 e. The largest absolute Gasteiger partial charge is 0.325 e. The fourth-order valence-electron chi connectivity index (χ4n) is 2.46. The number of nitro groups is 1. The van der Waals surface area contributed by atoms with E-state index < -0.39 is 22.3 Å². The average molecular weight is 351 g/mol. The van der Waals surface area contributed by atoms with Gasteiger partial charge in [0.1, 0.15) is 0 Å². The van der Waals surface area contributed by atoms with Gasteiger partial charge in [-0.05, 0) is 35.7 Å². The maximum Gasteiger partial charge on any atom is 0.306 e. The van der Waals surface area contributed by atoms with Gasteiger partial charge in [0.15, 0.2) is 0 Å². The first kappa shape index (κ1) is 17.9. The summed E-state index contributed by atoms with van der Waals surface area (Å²) in [5.41, 5.74) is 0.275. The minimum atomic E-state index is -0.948. The maximum atomic E-state index is 13.4. The van der Waals surface area contributed by atoms with Crippen LogP contribution in [0.4, 0.5) is 15.8 Å². The van der Waals surface area contributed by atoms with E-state index in [0.717, 1.165) is 17.7 Å². The summed E-state index contributed by atoms with van der Waals surface area (Å²) >= 11 is 5.87. The molecule has 2 rings (SSSR count). The van der Waals surface area contributed by atoms with Gasteiger partial charge in [-0.25, -0.2) is 0 Å². The highest BCUT2D eigenvalue weighted by molar-refractivity contribution is 6.30. The summed E-state index contributed by atoms with van der Waals surface area (Å²) in [5.74, 6) is -1.75. The molecule has 0 aromatic heterocycles. The lowest BCUT2D eigenvalue weighted by molar-refractivity contribution is -0.387. The van der Waals surface area contributed by atoms with Crippen LogP contribution < -0.4 is 5.32 Å². The van der Waals surface area contributed by atoms with Gasteiger partial charge in [-0.2, -0.15) is 4.39 Å². The molecule has 0 fully saturated rings. The Morgan fingerprint density at radius 3 is 2.38 bits per heavy atom. The molecule has 126 valence electrons. The molecule has 1 amide bonds. The number of anilines is 1. The lowest BCUT2D eigenvalue weighted by Gasteiger charge is -2.21. The van der Waals surface area contributed by atoms with Crippen LogP contribution in [0, 0.1) is 21.8 Å². The van der Waals surface area contributed by atoms with Gasteiger partial charge in [0.05, 0.1) is 10.8 Å². The molecule has 7 heteroatoms. The van der Waals surface area contributed by atoms with Crippen molar-refractivity contribution in [2.24, 2.45) is 5.92 Å². The summed E-state index contributed by atoms with van der Waals surface area (Å²) in [5, 5.41) is 14.0. The molecule has 0 radical (unpaired) electrons. The molecule has 0 aliphatic carbocycles. The highest BCUT2D eigenvalue weighted by Crippen LogP contribution is 2.28. The van der Waals surface area contributed by atoms with Gasteiger partial charge < -0.3 is 5.32 Å². The minimum absolute atomic E-state index is 0.0124. The van der Waals surface area contributed by atoms with Crippen LogP contribution in [0.15, 0.2) is 42.5 Å². The fourth-order valence-corrected chi connectivity index (χ4v) is 2.59. The number of halogens is 2. The zero-order valence-electron chi connectivity index (χ0n) is 13.1. The van der Waals surface area contributed by atoms with E-state index in [0.29, 0.717) is 5.02 Å². The predicted octanol–water partition coefficient (Wildman–Crippen LogP) is 4.77. The monoisotopic (exact) mass is 350 g/mol. The van der Waals surface area contributed by atoms with Gasteiger partial charge in [-0.15, -0.1) is 0 Å². The first-order chi connectivity index (χ1) is 11.3. The molecular formula is C17H16ClFN2O3. The van der Waals surface area contributed by atoms with Gasteiger partial charge >= 0.3 is 5.69 Å². The van der Waals surface area contributed by atoms with Gasteiger partial charge in [0.2, 0.25) is 11.7 Å². The third-order valence-electron chi connectivity index (χ3n) is 3.59. The second-order valence-electron chi connectivity index (χ2n) is 5.69. The van der Waals surface area contributed by atoms with E-state index >= 15 is 0 Å². The third-order valence-corrected chi connectivity index (χ3v) is 3.84. The molecule has 2 aromatic carbocycles. The molecule has 0 saturated heterocycles. The smallest absolute Gasteiger partial charge is 0.306 e. The molecular weight excluding hydrogens is 335 g/mol. The molecule has 5 nitrogen and oxygen atoms in total. The van der Waals surface area contributed by atoms with Crippen molar-refractivity contribution in [3.05, 3.63) is 69.0 Å². The molecule has 0 aliphatic rings. The van der Waals surface area contributed by atoms with Crippen LogP contribution in [0.2, 0.25) is 5.02 Å². The zero-order chi connectivity index (χ0) is 17.9. The lowest BCUT2D eigenvalue weighted by atomic mass is 9.87. The molecule has 0 spiro atoms. The summed E-state index contributed by atoms with van der Waals surface area (Å²) in [7, 11) is 0. The number of carbonyl (C=O) groups is 1. The van der Waals surface area contributed by atoms with E-state index in [1.54, 1.807) is 24.3 Å². The number of hydrogen-bond donors (Lipinski definition) is 1. The highest BCUT2D eigenvalue weighted by atomic mass is 35.5. The predicted molar refractivity (Wildman–Crippen MR) is 90.7 cm³/mol.